The van der Waals surface area contributed by atoms with Crippen molar-refractivity contribution in [2.24, 2.45) is 57.8 Å². The largest absolute Gasteiger partial charge is 0.393 e. The number of hydrogen-bond acceptors (Lipinski definition) is 5. The third kappa shape index (κ3) is 6.01. The molecule has 0 saturated heterocycles. The fourth-order valence-corrected chi connectivity index (χ4v) is 10.9. The summed E-state index contributed by atoms with van der Waals surface area (Å²) < 4.78 is 0. The highest BCUT2D eigenvalue weighted by Gasteiger charge is 2.68. The van der Waals surface area contributed by atoms with Gasteiger partial charge in [-0.1, -0.05) is 53.9 Å². The van der Waals surface area contributed by atoms with Gasteiger partial charge in [-0.25, -0.2) is 0 Å². The van der Waals surface area contributed by atoms with Crippen LogP contribution in [0.1, 0.15) is 125 Å². The zero-order chi connectivity index (χ0) is 28.4. The van der Waals surface area contributed by atoms with Gasteiger partial charge in [0, 0.05) is 17.9 Å². The third-order valence-corrected chi connectivity index (χ3v) is 13.0. The van der Waals surface area contributed by atoms with Gasteiger partial charge in [-0.2, -0.15) is 0 Å². The molecule has 6 N–H and O–H groups in total. The van der Waals surface area contributed by atoms with E-state index < -0.39 is 5.60 Å². The summed E-state index contributed by atoms with van der Waals surface area (Å²) in [6, 6.07) is 0.105. The van der Waals surface area contributed by atoms with Crippen LogP contribution in [0.3, 0.4) is 0 Å². The summed E-state index contributed by atoms with van der Waals surface area (Å²) in [5.74, 6) is 4.47. The SMILES string of the molecule is CC(C)CCC[C@@H](C)[C@H]1CC[C@H]2[C@@H]3CC(N(CCCN)CCCCN)C4(O)CC(O)CC[C@]4(C)[C@H]3CC[C@]12C. The van der Waals surface area contributed by atoms with Crippen LogP contribution in [0.4, 0.5) is 0 Å². The van der Waals surface area contributed by atoms with Gasteiger partial charge in [0.1, 0.15) is 0 Å². The summed E-state index contributed by atoms with van der Waals surface area (Å²) in [6.07, 6.45) is 15.5. The molecule has 4 aliphatic carbocycles. The Hall–Kier alpha value is -0.200. The van der Waals surface area contributed by atoms with Crippen molar-refractivity contribution in [1.82, 2.24) is 4.90 Å². The number of hydrogen-bond donors (Lipinski definition) is 4. The molecule has 4 aliphatic rings. The lowest BCUT2D eigenvalue weighted by molar-refractivity contribution is -0.251. The van der Waals surface area contributed by atoms with E-state index in [2.05, 4.69) is 39.5 Å². The van der Waals surface area contributed by atoms with Crippen LogP contribution in [0.15, 0.2) is 0 Å². The highest BCUT2D eigenvalue weighted by atomic mass is 16.3. The lowest BCUT2D eigenvalue weighted by Crippen LogP contribution is -2.72. The Morgan fingerprint density at radius 3 is 2.26 bits per heavy atom. The Kier molecular flexibility index (Phi) is 10.6. The molecule has 0 bridgehead atoms. The van der Waals surface area contributed by atoms with Gasteiger partial charge in [0.15, 0.2) is 0 Å². The van der Waals surface area contributed by atoms with Crippen LogP contribution >= 0.6 is 0 Å². The molecule has 0 spiro atoms. The summed E-state index contributed by atoms with van der Waals surface area (Å²) in [5.41, 5.74) is 11.4. The molecule has 4 fully saturated rings. The van der Waals surface area contributed by atoms with E-state index in [4.69, 9.17) is 11.5 Å². The van der Waals surface area contributed by atoms with Crippen molar-refractivity contribution < 1.29 is 10.2 Å². The number of fused-ring (bicyclic) bond motifs is 5. The van der Waals surface area contributed by atoms with E-state index in [1.165, 1.54) is 44.9 Å². The van der Waals surface area contributed by atoms with E-state index in [1.807, 2.05) is 0 Å². The Bertz CT molecular complexity index is 778. The highest BCUT2D eigenvalue weighted by Crippen LogP contribution is 2.69. The Morgan fingerprint density at radius 1 is 0.846 bits per heavy atom. The van der Waals surface area contributed by atoms with Crippen molar-refractivity contribution >= 4 is 0 Å². The highest BCUT2D eigenvalue weighted by molar-refractivity contribution is 5.19. The number of aliphatic hydroxyl groups is 2. The van der Waals surface area contributed by atoms with Crippen LogP contribution < -0.4 is 11.5 Å². The first-order valence-electron chi connectivity index (χ1n) is 17.1. The minimum Gasteiger partial charge on any atom is -0.393 e. The summed E-state index contributed by atoms with van der Waals surface area (Å²) in [4.78, 5) is 2.60. The zero-order valence-corrected chi connectivity index (χ0v) is 26.3. The number of nitrogens with two attached hydrogens (primary N) is 2. The van der Waals surface area contributed by atoms with E-state index >= 15 is 0 Å². The standard InChI is InChI=1S/C34H65N3O2/c1-24(2)10-8-11-25(3)28-12-13-29-27-22-31(37(21-9-19-36)20-7-6-18-35)34(39)23-26(38)14-17-33(34,5)30(27)15-16-32(28,29)4/h24-31,38-39H,6-23,35-36H2,1-5H3/t25-,26?,27+,28-,29+,30+,31?,32-,33-,34?/m1/s1. The Labute approximate surface area is 241 Å². The molecular weight excluding hydrogens is 482 g/mol. The minimum atomic E-state index is -0.834. The molecule has 5 nitrogen and oxygen atoms in total. The molecule has 0 aromatic rings. The number of aliphatic hydroxyl groups excluding tert-OH is 1. The molecule has 0 amide bonds. The second kappa shape index (κ2) is 13.0. The minimum absolute atomic E-state index is 0.105. The molecule has 0 aromatic heterocycles. The molecule has 0 aliphatic heterocycles. The summed E-state index contributed by atoms with van der Waals surface area (Å²) >= 11 is 0. The predicted octanol–water partition coefficient (Wildman–Crippen LogP) is 5.95. The first-order chi connectivity index (χ1) is 18.5. The van der Waals surface area contributed by atoms with Gasteiger partial charge in [0.2, 0.25) is 0 Å². The second-order valence-electron chi connectivity index (χ2n) is 15.6. The zero-order valence-electron chi connectivity index (χ0n) is 26.3. The maximum Gasteiger partial charge on any atom is 0.0882 e. The number of rotatable bonds is 13. The van der Waals surface area contributed by atoms with Crippen LogP contribution in [0.25, 0.3) is 0 Å². The second-order valence-corrected chi connectivity index (χ2v) is 15.6. The van der Waals surface area contributed by atoms with Gasteiger partial charge < -0.3 is 21.7 Å². The van der Waals surface area contributed by atoms with Crippen molar-refractivity contribution in [2.75, 3.05) is 26.2 Å². The monoisotopic (exact) mass is 548 g/mol. The van der Waals surface area contributed by atoms with Crippen LogP contribution in [-0.4, -0.2) is 59.0 Å². The van der Waals surface area contributed by atoms with E-state index in [9.17, 15) is 10.2 Å². The quantitative estimate of drug-likeness (QED) is 0.214. The van der Waals surface area contributed by atoms with Gasteiger partial charge in [-0.05, 0) is 131 Å². The first-order valence-corrected chi connectivity index (χ1v) is 17.1. The van der Waals surface area contributed by atoms with Crippen molar-refractivity contribution in [1.29, 1.82) is 0 Å². The van der Waals surface area contributed by atoms with Gasteiger partial charge in [-0.3, -0.25) is 4.90 Å². The Balaban J connectivity index is 1.62. The van der Waals surface area contributed by atoms with Crippen molar-refractivity contribution in [3.63, 3.8) is 0 Å². The molecule has 4 saturated carbocycles. The lowest BCUT2D eigenvalue weighted by Gasteiger charge is -2.67. The Morgan fingerprint density at radius 2 is 1.56 bits per heavy atom. The molecule has 228 valence electrons. The van der Waals surface area contributed by atoms with Gasteiger partial charge >= 0.3 is 0 Å². The summed E-state index contributed by atoms with van der Waals surface area (Å²) in [5, 5.41) is 23.7. The van der Waals surface area contributed by atoms with E-state index in [0.29, 0.717) is 30.2 Å². The third-order valence-electron chi connectivity index (χ3n) is 13.0. The molecule has 5 heteroatoms. The van der Waals surface area contributed by atoms with Crippen LogP contribution in [0.2, 0.25) is 0 Å². The van der Waals surface area contributed by atoms with E-state index in [1.54, 1.807) is 0 Å². The fourth-order valence-electron chi connectivity index (χ4n) is 10.9. The molecule has 0 radical (unpaired) electrons. The predicted molar refractivity (Wildman–Crippen MR) is 163 cm³/mol. The van der Waals surface area contributed by atoms with Crippen molar-refractivity contribution in [3.05, 3.63) is 0 Å². The normalized spacial score (nSPS) is 42.8. The molecule has 0 heterocycles. The van der Waals surface area contributed by atoms with Gasteiger partial charge in [0.25, 0.3) is 0 Å². The van der Waals surface area contributed by atoms with E-state index in [-0.39, 0.29) is 17.6 Å². The van der Waals surface area contributed by atoms with Crippen LogP contribution in [0, 0.1) is 46.3 Å². The molecule has 10 atom stereocenters. The van der Waals surface area contributed by atoms with Crippen molar-refractivity contribution in [3.8, 4) is 0 Å². The molecular formula is C34H65N3O2. The van der Waals surface area contributed by atoms with Gasteiger partial charge in [0.05, 0.1) is 11.7 Å². The molecule has 3 unspecified atom stereocenters. The number of nitrogens with zero attached hydrogens (tertiary/aromatic N) is 1. The number of unbranched alkanes of at least 4 members (excludes halogenated alkanes) is 1. The maximum absolute atomic E-state index is 12.8. The average Bonchev–Trinajstić information content (AvgIpc) is 3.24. The average molecular weight is 548 g/mol. The van der Waals surface area contributed by atoms with Gasteiger partial charge in [-0.15, -0.1) is 0 Å². The summed E-state index contributed by atoms with van der Waals surface area (Å²) in [7, 11) is 0. The first kappa shape index (κ1) is 31.7. The smallest absolute Gasteiger partial charge is 0.0882 e. The maximum atomic E-state index is 12.8. The molecule has 0 aromatic carbocycles. The lowest BCUT2D eigenvalue weighted by atomic mass is 9.41. The van der Waals surface area contributed by atoms with E-state index in [0.717, 1.165) is 81.8 Å². The van der Waals surface area contributed by atoms with Crippen molar-refractivity contribution in [2.45, 2.75) is 142 Å². The van der Waals surface area contributed by atoms with Crippen LogP contribution in [0.5, 0.6) is 0 Å². The molecule has 4 rings (SSSR count). The fraction of sp³-hybridized carbons (Fsp3) is 1.00. The topological polar surface area (TPSA) is 95.7 Å². The summed E-state index contributed by atoms with van der Waals surface area (Å²) in [6.45, 7) is 15.7. The molecule has 39 heavy (non-hydrogen) atoms. The van der Waals surface area contributed by atoms with Crippen LogP contribution in [-0.2, 0) is 0 Å².